The summed E-state index contributed by atoms with van der Waals surface area (Å²) in [5.41, 5.74) is 34.4. The predicted octanol–water partition coefficient (Wildman–Crippen LogP) is 4.89. The van der Waals surface area contributed by atoms with E-state index < -0.39 is 0 Å². The first-order chi connectivity index (χ1) is 16.2. The molecule has 0 bridgehead atoms. The van der Waals surface area contributed by atoms with Crippen molar-refractivity contribution in [3.8, 4) is 0 Å². The lowest BCUT2D eigenvalue weighted by Gasteiger charge is -2.05. The molecule has 156 valence electrons. The second kappa shape index (κ2) is 9.88. The van der Waals surface area contributed by atoms with Crippen molar-refractivity contribution in [3.63, 3.8) is 0 Å². The molecule has 4 aromatic rings. The van der Waals surface area contributed by atoms with Crippen molar-refractivity contribution >= 4 is 17.1 Å². The fourth-order valence-electron chi connectivity index (χ4n) is 3.67. The van der Waals surface area contributed by atoms with Crippen LogP contribution in [0.1, 0.15) is 33.4 Å². The van der Waals surface area contributed by atoms with E-state index in [0.29, 0.717) is 50.5 Å². The Morgan fingerprint density at radius 3 is 0.818 bits per heavy atom. The summed E-state index contributed by atoms with van der Waals surface area (Å²) in [5.74, 6) is 0. The van der Waals surface area contributed by atoms with Crippen molar-refractivity contribution in [1.29, 1.82) is 0 Å². The molecule has 0 heterocycles. The number of rotatable bonds is 6. The van der Waals surface area contributed by atoms with Crippen molar-refractivity contribution in [2.24, 2.45) is 0 Å². The Hall–Kier alpha value is -4.98. The quantitative estimate of drug-likeness (QED) is 0.238. The van der Waals surface area contributed by atoms with Crippen LogP contribution in [-0.2, 0) is 0 Å². The summed E-state index contributed by atoms with van der Waals surface area (Å²) in [4.78, 5) is 10.6. The van der Waals surface area contributed by atoms with E-state index in [-0.39, 0.29) is 0 Å². The van der Waals surface area contributed by atoms with Crippen molar-refractivity contribution in [1.82, 2.24) is 0 Å². The van der Waals surface area contributed by atoms with Crippen molar-refractivity contribution in [3.05, 3.63) is 159 Å². The Morgan fingerprint density at radius 2 is 0.606 bits per heavy atom. The molecular weight excluding hydrogens is 408 g/mol. The number of nitrogens with zero attached hydrogens (tertiary/aromatic N) is 6. The van der Waals surface area contributed by atoms with Crippen molar-refractivity contribution in [2.45, 2.75) is 0 Å². The van der Waals surface area contributed by atoms with Gasteiger partial charge in [-0.1, -0.05) is 54.6 Å². The van der Waals surface area contributed by atoms with Crippen LogP contribution >= 0.6 is 0 Å². The highest BCUT2D eigenvalue weighted by atomic mass is 14.9. The highest BCUT2D eigenvalue weighted by Crippen LogP contribution is 2.20. The second-order valence-electron chi connectivity index (χ2n) is 7.24. The highest BCUT2D eigenvalue weighted by Gasteiger charge is 2.26. The fourth-order valence-corrected chi connectivity index (χ4v) is 3.67. The van der Waals surface area contributed by atoms with Gasteiger partial charge in [0, 0.05) is 0 Å². The molecule has 4 aromatic carbocycles. The van der Waals surface area contributed by atoms with E-state index in [1.807, 2.05) is 91.0 Å². The van der Waals surface area contributed by atoms with E-state index in [9.17, 15) is 16.6 Å². The van der Waals surface area contributed by atoms with Gasteiger partial charge in [-0.05, 0) is 54.6 Å². The van der Waals surface area contributed by atoms with Crippen LogP contribution in [0, 0.1) is 0 Å². The molecule has 0 spiro atoms. The zero-order chi connectivity index (χ0) is 23.0. The molecule has 0 amide bonds. The second-order valence-corrected chi connectivity index (χ2v) is 7.24. The average molecular weight is 426 g/mol. The van der Waals surface area contributed by atoms with Gasteiger partial charge in [-0.15, -0.1) is 0 Å². The highest BCUT2D eigenvalue weighted by molar-refractivity contribution is 6.17. The maximum absolute atomic E-state index is 9.87. The van der Waals surface area contributed by atoms with Crippen LogP contribution in [0.15, 0.2) is 109 Å². The summed E-state index contributed by atoms with van der Waals surface area (Å²) < 4.78 is 0. The summed E-state index contributed by atoms with van der Waals surface area (Å²) in [6, 6.07) is 33.0. The molecule has 0 saturated carbocycles. The first-order valence-corrected chi connectivity index (χ1v) is 10.2. The lowest BCUT2D eigenvalue weighted by atomic mass is 9.91. The number of hydrogen-bond acceptors (Lipinski definition) is 0. The Morgan fingerprint density at radius 1 is 0.364 bits per heavy atom. The molecule has 6 nitrogen and oxygen atoms in total. The van der Waals surface area contributed by atoms with Gasteiger partial charge in [0.1, 0.15) is 0 Å². The van der Waals surface area contributed by atoms with Gasteiger partial charge >= 0.3 is 17.1 Å². The number of hydrogen-bond donors (Lipinski definition) is 0. The van der Waals surface area contributed by atoms with E-state index in [1.165, 1.54) is 0 Å². The lowest BCUT2D eigenvalue weighted by molar-refractivity contribution is -0.00299. The Kier molecular flexibility index (Phi) is 6.37. The standard InChI is InChI=1S/C27H18N6/c28-31-25(19-10-4-1-5-11-19)22-16-23(26(32-29)20-12-6-2-7-13-20)18-24(17-22)27(33-30)21-14-8-3-9-15-21/h1-18H. The average Bonchev–Trinajstić information content (AvgIpc) is 2.87. The van der Waals surface area contributed by atoms with Crippen LogP contribution in [0.4, 0.5) is 0 Å². The van der Waals surface area contributed by atoms with Gasteiger partial charge in [0.15, 0.2) is 0 Å². The van der Waals surface area contributed by atoms with Gasteiger partial charge in [0.25, 0.3) is 0 Å². The fraction of sp³-hybridized carbons (Fsp3) is 0. The maximum Gasteiger partial charge on any atom is 0.329 e. The Bertz CT molecular complexity index is 1250. The van der Waals surface area contributed by atoms with E-state index in [2.05, 4.69) is 14.4 Å². The molecule has 0 radical (unpaired) electrons. The van der Waals surface area contributed by atoms with Crippen LogP contribution in [0.3, 0.4) is 0 Å². The minimum Gasteiger partial charge on any atom is -0.361 e. The molecule has 33 heavy (non-hydrogen) atoms. The van der Waals surface area contributed by atoms with E-state index in [1.54, 1.807) is 18.2 Å². The topological polar surface area (TPSA) is 109 Å². The SMILES string of the molecule is [N-]=[N+]=C(c1ccccc1)c1cc(C(=[N+]=[N-])c2ccccc2)cc(C(=[N+]=[N-])c2ccccc2)c1. The molecule has 0 aliphatic heterocycles. The molecule has 0 saturated heterocycles. The summed E-state index contributed by atoms with van der Waals surface area (Å²) in [5, 5.41) is 0. The molecule has 6 heteroatoms. The minimum absolute atomic E-state index is 0.328. The summed E-state index contributed by atoms with van der Waals surface area (Å²) in [6.07, 6.45) is 0. The lowest BCUT2D eigenvalue weighted by Crippen LogP contribution is -2.13. The summed E-state index contributed by atoms with van der Waals surface area (Å²) in [7, 11) is 0. The molecule has 4 rings (SSSR count). The van der Waals surface area contributed by atoms with Crippen molar-refractivity contribution in [2.75, 3.05) is 0 Å². The molecule has 0 atom stereocenters. The largest absolute Gasteiger partial charge is 0.361 e. The smallest absolute Gasteiger partial charge is 0.329 e. The van der Waals surface area contributed by atoms with Gasteiger partial charge in [0.05, 0.1) is 33.4 Å². The van der Waals surface area contributed by atoms with Crippen LogP contribution in [0.25, 0.3) is 16.6 Å². The maximum atomic E-state index is 9.87. The number of benzene rings is 4. The zero-order valence-corrected chi connectivity index (χ0v) is 17.6. The molecular formula is C27H18N6. The van der Waals surface area contributed by atoms with Gasteiger partial charge in [-0.2, -0.15) is 14.4 Å². The zero-order valence-electron chi connectivity index (χ0n) is 17.6. The van der Waals surface area contributed by atoms with E-state index in [4.69, 9.17) is 0 Å². The van der Waals surface area contributed by atoms with Crippen LogP contribution < -0.4 is 0 Å². The van der Waals surface area contributed by atoms with Crippen LogP contribution in [0.2, 0.25) is 0 Å². The van der Waals surface area contributed by atoms with Gasteiger partial charge in [-0.3, -0.25) is 0 Å². The van der Waals surface area contributed by atoms with Gasteiger partial charge in [0.2, 0.25) is 0 Å². The molecule has 0 aliphatic rings. The molecule has 0 fully saturated rings. The minimum atomic E-state index is 0.328. The first-order valence-electron chi connectivity index (χ1n) is 10.2. The predicted molar refractivity (Wildman–Crippen MR) is 126 cm³/mol. The Labute approximate surface area is 190 Å². The van der Waals surface area contributed by atoms with Crippen LogP contribution in [0.5, 0.6) is 0 Å². The first kappa shape index (κ1) is 21.3. The molecule has 0 N–H and O–H groups in total. The summed E-state index contributed by atoms with van der Waals surface area (Å²) in [6.45, 7) is 0. The van der Waals surface area contributed by atoms with E-state index >= 15 is 0 Å². The summed E-state index contributed by atoms with van der Waals surface area (Å²) >= 11 is 0. The van der Waals surface area contributed by atoms with Crippen molar-refractivity contribution < 1.29 is 14.4 Å². The Balaban J connectivity index is 1.97. The van der Waals surface area contributed by atoms with Crippen LogP contribution in [-0.4, -0.2) is 31.5 Å². The van der Waals surface area contributed by atoms with Gasteiger partial charge < -0.3 is 16.6 Å². The third kappa shape index (κ3) is 4.54. The van der Waals surface area contributed by atoms with Gasteiger partial charge in [-0.25, -0.2) is 0 Å². The van der Waals surface area contributed by atoms with E-state index in [0.717, 1.165) is 0 Å². The third-order valence-corrected chi connectivity index (χ3v) is 5.20. The molecule has 0 unspecified atom stereocenters. The monoisotopic (exact) mass is 426 g/mol. The molecule has 0 aromatic heterocycles. The normalized spacial score (nSPS) is 9.82. The third-order valence-electron chi connectivity index (χ3n) is 5.20. The molecule has 0 aliphatic carbocycles.